The van der Waals surface area contributed by atoms with Crippen LogP contribution in [-0.2, 0) is 14.2 Å². The molecule has 0 aromatic carbocycles. The topological polar surface area (TPSA) is 551 Å². The molecule has 8 aliphatic rings. The molecular weight excluding hydrogens is 1990 g/mol. The first-order chi connectivity index (χ1) is 72.6. The molecule has 150 heavy (non-hydrogen) atoms. The van der Waals surface area contributed by atoms with Gasteiger partial charge in [-0.3, -0.25) is 63.6 Å². The predicted octanol–water partition coefficient (Wildman–Crippen LogP) is 5.66. The minimum absolute atomic E-state index is 0.00206. The van der Waals surface area contributed by atoms with Crippen LogP contribution in [0, 0.1) is 40.7 Å². The maximum Gasteiger partial charge on any atom is 0.263 e. The molecule has 0 saturated carbocycles. The maximum atomic E-state index is 14.8. The van der Waals surface area contributed by atoms with Gasteiger partial charge in [0, 0.05) is 181 Å². The molecule has 15 aromatic rings. The number of rotatable bonds is 18. The number of halogens is 8. The van der Waals surface area contributed by atoms with Gasteiger partial charge in [-0.1, -0.05) is 11.6 Å². The molecule has 0 radical (unpaired) electrons. The van der Waals surface area contributed by atoms with Crippen LogP contribution in [0.4, 0.5) is 117 Å². The summed E-state index contributed by atoms with van der Waals surface area (Å²) in [6.07, 6.45) is 28.7. The molecule has 15 N–H and O–H groups in total. The van der Waals surface area contributed by atoms with Gasteiger partial charge in [-0.05, 0) is 45.5 Å². The SMILES string of the molecule is CN1CCN(c2c(F)cncc2NC(=O)c2c(N)nn3cc(Cl)cnc23)CC1.CN1CCN(c2c(F)cncc2NC(=O)c2c(N)nn3cc(F)cnc23)CC1.Nc1nn2cc(F)cnc2c1C(=O)Nc1cncc(F)c1N1CCN(C2COC2)CC1.Nc1nn2cc(F)cnc2c1C(=O)Nc1cnccc1N1CCN(C2CCOCC2)CC1.Nc1nn2cc(F)cnc2c1C(=O)Nc1cnccc1N1CCN([C@H]2CCOC2)CC1. The van der Waals surface area contributed by atoms with Gasteiger partial charge in [-0.25, -0.2) is 78.2 Å². The smallest absolute Gasteiger partial charge is 0.263 e. The number of nitrogen functional groups attached to an aromatic ring is 5. The molecule has 8 saturated heterocycles. The van der Waals surface area contributed by atoms with E-state index in [-0.39, 0.29) is 114 Å². The molecule has 1 atom stereocenters. The summed E-state index contributed by atoms with van der Waals surface area (Å²) in [7, 11) is 4.00. The molecule has 5 amide bonds. The third kappa shape index (κ3) is 22.6. The summed E-state index contributed by atoms with van der Waals surface area (Å²) in [4.78, 5) is 126. The number of anilines is 15. The van der Waals surface area contributed by atoms with E-state index in [2.05, 4.69) is 136 Å². The Morgan fingerprint density at radius 1 is 0.313 bits per heavy atom. The first-order valence-electron chi connectivity index (χ1n) is 48.0. The van der Waals surface area contributed by atoms with Gasteiger partial charge < -0.3 is 104 Å². The lowest BCUT2D eigenvalue weighted by molar-refractivity contribution is -0.0660. The Labute approximate surface area is 854 Å². The first-order valence-corrected chi connectivity index (χ1v) is 48.4. The van der Waals surface area contributed by atoms with Crippen molar-refractivity contribution in [2.75, 3.05) is 264 Å². The van der Waals surface area contributed by atoms with Crippen molar-refractivity contribution in [3.05, 3.63) is 210 Å². The highest BCUT2D eigenvalue weighted by Gasteiger charge is 2.37. The Hall–Kier alpha value is -16.3. The summed E-state index contributed by atoms with van der Waals surface area (Å²) in [5, 5.41) is 34.0. The number of pyridine rings is 5. The number of likely N-dealkylation sites (N-methyl/N-ethyl adjacent to an activating group) is 2. The predicted molar refractivity (Wildman–Crippen MR) is 541 cm³/mol. The first kappa shape index (κ1) is 102. The van der Waals surface area contributed by atoms with Crippen molar-refractivity contribution >= 4 is 155 Å². The Morgan fingerprint density at radius 2 is 0.587 bits per heavy atom. The number of ether oxygens (including phenoxy) is 3. The molecule has 0 spiro atoms. The number of aromatic nitrogens is 20. The van der Waals surface area contributed by atoms with Crippen LogP contribution >= 0.6 is 11.6 Å². The fraction of sp³-hybridized carbons (Fsp3) is 0.362. The number of hydrogen-bond acceptors (Lipinski definition) is 38. The van der Waals surface area contributed by atoms with Crippen molar-refractivity contribution in [1.29, 1.82) is 0 Å². The van der Waals surface area contributed by atoms with Crippen LogP contribution in [-0.4, -0.2) is 355 Å². The van der Waals surface area contributed by atoms with Gasteiger partial charge in [0.25, 0.3) is 29.5 Å². The Balaban J connectivity index is 0.000000118. The van der Waals surface area contributed by atoms with Crippen LogP contribution in [0.5, 0.6) is 0 Å². The van der Waals surface area contributed by atoms with E-state index in [1.165, 1.54) is 40.0 Å². The highest BCUT2D eigenvalue weighted by atomic mass is 35.5. The average Bonchev–Trinajstić information content (AvgIpc) is 1.59. The van der Waals surface area contributed by atoms with Crippen molar-refractivity contribution in [1.82, 2.24) is 122 Å². The lowest BCUT2D eigenvalue weighted by Crippen LogP contribution is -2.56. The Bertz CT molecular complexity index is 7310. The van der Waals surface area contributed by atoms with Crippen LogP contribution in [0.3, 0.4) is 0 Å². The van der Waals surface area contributed by atoms with E-state index >= 15 is 0 Å². The second-order valence-electron chi connectivity index (χ2n) is 36.3. The van der Waals surface area contributed by atoms with E-state index in [4.69, 9.17) is 54.5 Å². The lowest BCUT2D eigenvalue weighted by Gasteiger charge is -2.43. The minimum atomic E-state index is -0.634. The zero-order valence-corrected chi connectivity index (χ0v) is 81.8. The zero-order valence-electron chi connectivity index (χ0n) is 81.0. The van der Waals surface area contributed by atoms with Gasteiger partial charge in [-0.15, -0.1) is 25.5 Å². The van der Waals surface area contributed by atoms with Gasteiger partial charge in [-0.2, -0.15) is 0 Å². The number of amides is 5. The summed E-state index contributed by atoms with van der Waals surface area (Å²) in [5.74, 6) is -6.96. The summed E-state index contributed by atoms with van der Waals surface area (Å²) in [5.41, 5.74) is 35.0. The summed E-state index contributed by atoms with van der Waals surface area (Å²) < 4.78 is 120. The number of piperazine rings is 5. The second kappa shape index (κ2) is 45.2. The summed E-state index contributed by atoms with van der Waals surface area (Å²) in [6, 6.07) is 5.27. The number of fused-ring (bicyclic) bond motifs is 5. The Kier molecular flexibility index (Phi) is 30.8. The molecule has 0 bridgehead atoms. The fourth-order valence-corrected chi connectivity index (χ4v) is 19.2. The number of carbonyl (C=O) groups excluding carboxylic acids is 5. The van der Waals surface area contributed by atoms with Gasteiger partial charge in [0.05, 0.1) is 176 Å². The van der Waals surface area contributed by atoms with Gasteiger partial charge in [0.2, 0.25) is 0 Å². The van der Waals surface area contributed by atoms with E-state index in [0.29, 0.717) is 79.5 Å². The number of nitrogens with one attached hydrogen (secondary N) is 5. The Morgan fingerprint density at radius 3 is 0.907 bits per heavy atom. The fourth-order valence-electron chi connectivity index (χ4n) is 19.0. The van der Waals surface area contributed by atoms with E-state index in [9.17, 15) is 54.7 Å². The van der Waals surface area contributed by atoms with E-state index in [1.54, 1.807) is 24.8 Å². The third-order valence-electron chi connectivity index (χ3n) is 26.8. The quantitative estimate of drug-likeness (QED) is 0.0463. The zero-order chi connectivity index (χ0) is 105. The molecule has 23 rings (SSSR count). The van der Waals surface area contributed by atoms with Crippen LogP contribution in [0.1, 0.15) is 71.1 Å². The third-order valence-corrected chi connectivity index (χ3v) is 27.0. The van der Waals surface area contributed by atoms with E-state index in [1.807, 2.05) is 40.9 Å². The van der Waals surface area contributed by atoms with Crippen LogP contribution < -0.4 is 79.8 Å². The monoisotopic (exact) mass is 2090 g/mol. The van der Waals surface area contributed by atoms with Crippen molar-refractivity contribution in [2.45, 2.75) is 37.4 Å². The normalized spacial score (nSPS) is 17.3. The lowest BCUT2D eigenvalue weighted by atomic mass is 10.1. The molecular formula is C94H104ClF7N40O8. The molecule has 56 heteroatoms. The van der Waals surface area contributed by atoms with E-state index in [0.717, 1.165) is 244 Å². The number of hydrogen-bond donors (Lipinski definition) is 10. The van der Waals surface area contributed by atoms with Crippen molar-refractivity contribution in [3.63, 3.8) is 0 Å². The highest BCUT2D eigenvalue weighted by Crippen LogP contribution is 2.38. The van der Waals surface area contributed by atoms with Gasteiger partial charge in [0.15, 0.2) is 98.0 Å². The van der Waals surface area contributed by atoms with Crippen LogP contribution in [0.25, 0.3) is 28.2 Å². The molecule has 8 fully saturated rings. The van der Waals surface area contributed by atoms with Crippen LogP contribution in [0.15, 0.2) is 136 Å². The van der Waals surface area contributed by atoms with Crippen LogP contribution in [0.2, 0.25) is 5.02 Å². The average molecular weight is 2090 g/mol. The summed E-state index contributed by atoms with van der Waals surface area (Å²) >= 11 is 5.90. The molecule has 8 aliphatic heterocycles. The minimum Gasteiger partial charge on any atom is -0.381 e. The molecule has 48 nitrogen and oxygen atoms in total. The van der Waals surface area contributed by atoms with Crippen molar-refractivity contribution in [2.24, 2.45) is 0 Å². The standard InChI is InChI=1S/C21H25FN8O2.C20H23FN8O2.C19H20F2N8O2.C17H18ClFN8O.C17H18F2N8O/c22-14-11-25-20-18(19(23)27-30(20)13-14)21(31)26-16-12-24-4-1-17(16)29-7-5-28(6-8-29)15-2-9-32-10-3-15;21-13-9-24-19-17(18(22)26-29(19)11-13)20(30)25-15-10-23-3-1-16(15)28-6-4-27(5-7-28)14-2-8-31-12-14;20-11-5-24-18-15(17(22)26-29(18)8-11)19(30)25-14-7-23-6-13(21)16(14)28-3-1-27(2-4-28)12-9-31-10-12;2*1-25-2-4-26(5-3-25)14-11(19)7-21-8-12(14)23-17(28)13-15(20)24-27-9-10(18)6-22-16(13)27/h1,4,11-13,15H,2-3,5-10H2,(H2,23,27)(H,26,31);1,3,9-11,14H,2,4-8,12H2,(H2,22,26)(H,25,30);5-8,12H,1-4,9-10H2,(H2,22,26)(H,25,30);2*6-9H,2-5H2,1H3,(H2,20,24)(H,23,28)/t;14-;;;/m.0.../s1. The van der Waals surface area contributed by atoms with Crippen molar-refractivity contribution in [3.8, 4) is 0 Å². The molecule has 23 heterocycles. The number of nitrogens with two attached hydrogens (primary N) is 5. The van der Waals surface area contributed by atoms with Gasteiger partial charge in [0.1, 0.15) is 44.9 Å². The van der Waals surface area contributed by atoms with Gasteiger partial charge >= 0.3 is 0 Å². The van der Waals surface area contributed by atoms with E-state index < -0.39 is 70.3 Å². The molecule has 0 unspecified atom stereocenters. The number of nitrogens with zero attached hydrogens (tertiary/aromatic N) is 30. The number of carbonyl (C=O) groups is 5. The summed E-state index contributed by atoms with van der Waals surface area (Å²) in [6.45, 7) is 20.2. The molecule has 0 aliphatic carbocycles. The van der Waals surface area contributed by atoms with Crippen molar-refractivity contribution < 1.29 is 68.9 Å². The largest absolute Gasteiger partial charge is 0.381 e. The molecule has 15 aromatic heterocycles. The maximum absolute atomic E-state index is 14.8. The second-order valence-corrected chi connectivity index (χ2v) is 36.8. The molecule has 784 valence electrons. The highest BCUT2D eigenvalue weighted by molar-refractivity contribution is 6.30.